The number of aromatic nitrogens is 1. The molecule has 132 valence electrons. The minimum atomic E-state index is -4.42. The first kappa shape index (κ1) is 17.1. The zero-order valence-corrected chi connectivity index (χ0v) is 13.3. The second-order valence-corrected chi connectivity index (χ2v) is 5.59. The summed E-state index contributed by atoms with van der Waals surface area (Å²) in [5.41, 5.74) is 0.871. The molecule has 1 aliphatic heterocycles. The maximum Gasteiger partial charge on any atom is 0.433 e. The van der Waals surface area contributed by atoms with Crippen molar-refractivity contribution in [3.05, 3.63) is 77.6 Å². The summed E-state index contributed by atoms with van der Waals surface area (Å²) in [6, 6.07) is 2.41. The number of ether oxygens (including phenoxy) is 2. The lowest BCUT2D eigenvalue weighted by Gasteiger charge is -2.20. The van der Waals surface area contributed by atoms with Gasteiger partial charge >= 0.3 is 6.18 Å². The number of pyridine rings is 1. The monoisotopic (exact) mass is 350 g/mol. The Morgan fingerprint density at radius 1 is 1.20 bits per heavy atom. The maximum atomic E-state index is 12.5. The lowest BCUT2D eigenvalue weighted by atomic mass is 10.0. The molecule has 0 radical (unpaired) electrons. The lowest BCUT2D eigenvalue weighted by Crippen LogP contribution is -2.21. The van der Waals surface area contributed by atoms with E-state index in [0.29, 0.717) is 30.2 Å². The molecule has 0 saturated heterocycles. The third-order valence-electron chi connectivity index (χ3n) is 3.73. The fraction of sp³-hybridized carbons (Fsp3) is 0.278. The van der Waals surface area contributed by atoms with Gasteiger partial charge in [-0.3, -0.25) is 4.98 Å². The number of hydrogen-bond donors (Lipinski definition) is 1. The van der Waals surface area contributed by atoms with Crippen LogP contribution < -0.4 is 5.32 Å². The predicted octanol–water partition coefficient (Wildman–Crippen LogP) is 4.20. The average Bonchev–Trinajstić information content (AvgIpc) is 2.62. The average molecular weight is 350 g/mol. The van der Waals surface area contributed by atoms with Crippen LogP contribution in [0.4, 0.5) is 13.2 Å². The van der Waals surface area contributed by atoms with Gasteiger partial charge in [0.2, 0.25) is 5.88 Å². The van der Waals surface area contributed by atoms with Crippen LogP contribution in [0.2, 0.25) is 0 Å². The zero-order chi connectivity index (χ0) is 17.7. The van der Waals surface area contributed by atoms with E-state index in [-0.39, 0.29) is 0 Å². The molecule has 1 aromatic rings. The lowest BCUT2D eigenvalue weighted by molar-refractivity contribution is -0.141. The van der Waals surface area contributed by atoms with Crippen molar-refractivity contribution in [2.24, 2.45) is 0 Å². The van der Waals surface area contributed by atoms with Gasteiger partial charge in [-0.15, -0.1) is 0 Å². The van der Waals surface area contributed by atoms with Gasteiger partial charge in [-0.1, -0.05) is 24.3 Å². The molecular weight excluding hydrogens is 333 g/mol. The Bertz CT molecular complexity index is 732. The van der Waals surface area contributed by atoms with Crippen molar-refractivity contribution < 1.29 is 22.6 Å². The highest BCUT2D eigenvalue weighted by Gasteiger charge is 2.31. The summed E-state index contributed by atoms with van der Waals surface area (Å²) in [6.45, 7) is 0.481. The summed E-state index contributed by atoms with van der Waals surface area (Å²) in [6.07, 6.45) is 8.22. The van der Waals surface area contributed by atoms with Gasteiger partial charge in [0, 0.05) is 12.7 Å². The van der Waals surface area contributed by atoms with Crippen molar-refractivity contribution in [2.75, 3.05) is 6.54 Å². The molecule has 4 nitrogen and oxygen atoms in total. The molecular formula is C18H17F3N2O2. The third-order valence-corrected chi connectivity index (χ3v) is 3.73. The summed E-state index contributed by atoms with van der Waals surface area (Å²) < 4.78 is 48.5. The molecule has 2 aliphatic rings. The molecule has 25 heavy (non-hydrogen) atoms. The fourth-order valence-electron chi connectivity index (χ4n) is 2.42. The Morgan fingerprint density at radius 2 is 2.08 bits per heavy atom. The highest BCUT2D eigenvalue weighted by atomic mass is 19.4. The Hall–Kier alpha value is -2.70. The van der Waals surface area contributed by atoms with Crippen molar-refractivity contribution in [3.8, 4) is 0 Å². The highest BCUT2D eigenvalue weighted by molar-refractivity contribution is 5.33. The largest absolute Gasteiger partial charge is 0.463 e. The number of hydrogen-bond acceptors (Lipinski definition) is 4. The van der Waals surface area contributed by atoms with Crippen LogP contribution in [-0.2, 0) is 22.1 Å². The first-order chi connectivity index (χ1) is 12.0. The normalized spacial score (nSPS) is 17.0. The number of nitrogens with zero attached hydrogens (tertiary/aromatic N) is 1. The van der Waals surface area contributed by atoms with Crippen LogP contribution in [-0.4, -0.2) is 11.5 Å². The molecule has 1 aliphatic carbocycles. The number of alkyl halides is 3. The Morgan fingerprint density at radius 3 is 2.76 bits per heavy atom. The SMILES string of the molecule is FC(F)(F)c1ccc(CCNC2=COC=C(C3=CC=CCC3)O2)cn1. The van der Waals surface area contributed by atoms with E-state index in [4.69, 9.17) is 9.47 Å². The van der Waals surface area contributed by atoms with Gasteiger partial charge < -0.3 is 14.8 Å². The van der Waals surface area contributed by atoms with Crippen LogP contribution in [0.25, 0.3) is 0 Å². The maximum absolute atomic E-state index is 12.5. The Balaban J connectivity index is 1.48. The first-order valence-corrected chi connectivity index (χ1v) is 7.88. The molecule has 3 rings (SSSR count). The minimum Gasteiger partial charge on any atom is -0.463 e. The van der Waals surface area contributed by atoms with E-state index in [1.54, 1.807) is 6.26 Å². The summed E-state index contributed by atoms with van der Waals surface area (Å²) in [4.78, 5) is 3.44. The van der Waals surface area contributed by atoms with E-state index in [1.807, 2.05) is 12.2 Å². The van der Waals surface area contributed by atoms with Gasteiger partial charge in [-0.05, 0) is 36.5 Å². The van der Waals surface area contributed by atoms with Crippen molar-refractivity contribution in [2.45, 2.75) is 25.4 Å². The predicted molar refractivity (Wildman–Crippen MR) is 85.7 cm³/mol. The van der Waals surface area contributed by atoms with E-state index < -0.39 is 11.9 Å². The smallest absolute Gasteiger partial charge is 0.433 e. The van der Waals surface area contributed by atoms with Gasteiger partial charge in [0.05, 0.1) is 0 Å². The summed E-state index contributed by atoms with van der Waals surface area (Å²) in [7, 11) is 0. The quantitative estimate of drug-likeness (QED) is 0.865. The van der Waals surface area contributed by atoms with Crippen LogP contribution in [0.15, 0.2) is 66.3 Å². The summed E-state index contributed by atoms with van der Waals surface area (Å²) >= 11 is 0. The Kier molecular flexibility index (Phi) is 5.11. The van der Waals surface area contributed by atoms with Crippen molar-refractivity contribution in [3.63, 3.8) is 0 Å². The second-order valence-electron chi connectivity index (χ2n) is 5.59. The van der Waals surface area contributed by atoms with Gasteiger partial charge in [0.1, 0.15) is 12.0 Å². The molecule has 7 heteroatoms. The topological polar surface area (TPSA) is 43.4 Å². The van der Waals surface area contributed by atoms with Crippen molar-refractivity contribution >= 4 is 0 Å². The molecule has 0 bridgehead atoms. The third kappa shape index (κ3) is 4.65. The van der Waals surface area contributed by atoms with E-state index in [2.05, 4.69) is 16.4 Å². The molecule has 0 unspecified atom stereocenters. The molecule has 0 aromatic carbocycles. The fourth-order valence-corrected chi connectivity index (χ4v) is 2.42. The molecule has 0 spiro atoms. The molecule has 1 aromatic heterocycles. The van der Waals surface area contributed by atoms with Crippen LogP contribution >= 0.6 is 0 Å². The standard InChI is InChI=1S/C18H17F3N2O2/c19-18(20,21)16-7-6-13(10-23-16)8-9-22-17-12-24-11-15(25-17)14-4-2-1-3-5-14/h1-2,4,6-7,10-12,22H,3,5,8-9H2. The van der Waals surface area contributed by atoms with Gasteiger partial charge in [0.25, 0.3) is 0 Å². The molecule has 0 saturated carbocycles. The van der Waals surface area contributed by atoms with E-state index in [1.165, 1.54) is 18.5 Å². The second kappa shape index (κ2) is 7.46. The van der Waals surface area contributed by atoms with Crippen LogP contribution in [0.1, 0.15) is 24.1 Å². The number of nitrogens with one attached hydrogen (secondary N) is 1. The number of rotatable bonds is 5. The molecule has 0 amide bonds. The first-order valence-electron chi connectivity index (χ1n) is 7.88. The van der Waals surface area contributed by atoms with Crippen LogP contribution in [0, 0.1) is 0 Å². The number of halogens is 3. The summed E-state index contributed by atoms with van der Waals surface area (Å²) in [5.74, 6) is 1.12. The van der Waals surface area contributed by atoms with Crippen LogP contribution in [0.3, 0.4) is 0 Å². The number of allylic oxidation sites excluding steroid dienone is 4. The van der Waals surface area contributed by atoms with E-state index in [9.17, 15) is 13.2 Å². The molecule has 2 heterocycles. The van der Waals surface area contributed by atoms with Crippen LogP contribution in [0.5, 0.6) is 0 Å². The molecule has 0 atom stereocenters. The van der Waals surface area contributed by atoms with Crippen molar-refractivity contribution in [1.82, 2.24) is 10.3 Å². The van der Waals surface area contributed by atoms with Gasteiger partial charge in [-0.2, -0.15) is 13.2 Å². The van der Waals surface area contributed by atoms with E-state index >= 15 is 0 Å². The molecule has 0 fully saturated rings. The van der Waals surface area contributed by atoms with Crippen molar-refractivity contribution in [1.29, 1.82) is 0 Å². The highest BCUT2D eigenvalue weighted by Crippen LogP contribution is 2.27. The van der Waals surface area contributed by atoms with Gasteiger partial charge in [0.15, 0.2) is 12.0 Å². The zero-order valence-electron chi connectivity index (χ0n) is 13.3. The molecule has 1 N–H and O–H groups in total. The van der Waals surface area contributed by atoms with E-state index in [0.717, 1.165) is 24.5 Å². The minimum absolute atomic E-state index is 0.466. The summed E-state index contributed by atoms with van der Waals surface area (Å²) in [5, 5.41) is 3.06. The Labute approximate surface area is 143 Å². The van der Waals surface area contributed by atoms with Gasteiger partial charge in [-0.25, -0.2) is 0 Å².